The molecule has 0 heterocycles. The predicted octanol–water partition coefficient (Wildman–Crippen LogP) is 3.89. The maximum Gasteiger partial charge on any atom is 0.344 e. The van der Waals surface area contributed by atoms with Gasteiger partial charge in [-0.1, -0.05) is 22.0 Å². The van der Waals surface area contributed by atoms with E-state index in [0.717, 1.165) is 23.7 Å². The van der Waals surface area contributed by atoms with Crippen molar-refractivity contribution in [1.29, 1.82) is 0 Å². The van der Waals surface area contributed by atoms with Crippen LogP contribution < -0.4 is 10.1 Å². The molecule has 0 saturated heterocycles. The van der Waals surface area contributed by atoms with Gasteiger partial charge in [0.2, 0.25) is 0 Å². The van der Waals surface area contributed by atoms with Gasteiger partial charge in [-0.2, -0.15) is 0 Å². The van der Waals surface area contributed by atoms with Gasteiger partial charge in [-0.3, -0.25) is 4.79 Å². The van der Waals surface area contributed by atoms with E-state index in [-0.39, 0.29) is 6.61 Å². The van der Waals surface area contributed by atoms with E-state index < -0.39 is 18.0 Å². The zero-order valence-corrected chi connectivity index (χ0v) is 16.0. The SMILES string of the molecule is C[C@H](OC(=O)COc1ccc2c(c1)CCC2)C(=O)Nc1ccc(Br)cc1. The molecule has 1 atom stereocenters. The first-order valence-electron chi connectivity index (χ1n) is 8.52. The van der Waals surface area contributed by atoms with Crippen LogP contribution in [0.15, 0.2) is 46.9 Å². The number of hydrogen-bond acceptors (Lipinski definition) is 4. The second kappa shape index (κ2) is 8.36. The summed E-state index contributed by atoms with van der Waals surface area (Å²) in [4.78, 5) is 24.0. The molecule has 1 amide bonds. The number of amides is 1. The van der Waals surface area contributed by atoms with E-state index in [0.29, 0.717) is 11.4 Å². The van der Waals surface area contributed by atoms with Crippen molar-refractivity contribution >= 4 is 33.5 Å². The lowest BCUT2D eigenvalue weighted by molar-refractivity contribution is -0.155. The predicted molar refractivity (Wildman–Crippen MR) is 102 cm³/mol. The summed E-state index contributed by atoms with van der Waals surface area (Å²) in [6.45, 7) is 1.30. The van der Waals surface area contributed by atoms with Gasteiger partial charge >= 0.3 is 5.97 Å². The molecule has 0 radical (unpaired) electrons. The Morgan fingerprint density at radius 1 is 1.12 bits per heavy atom. The van der Waals surface area contributed by atoms with Crippen molar-refractivity contribution in [2.45, 2.75) is 32.3 Å². The summed E-state index contributed by atoms with van der Waals surface area (Å²) in [7, 11) is 0. The number of anilines is 1. The molecular formula is C20H20BrNO4. The summed E-state index contributed by atoms with van der Waals surface area (Å²) in [6, 6.07) is 13.0. The van der Waals surface area contributed by atoms with E-state index >= 15 is 0 Å². The Kier molecular flexibility index (Phi) is 5.93. The third-order valence-electron chi connectivity index (χ3n) is 4.22. The van der Waals surface area contributed by atoms with Crippen molar-refractivity contribution in [1.82, 2.24) is 0 Å². The van der Waals surface area contributed by atoms with Crippen LogP contribution in [0.2, 0.25) is 0 Å². The Morgan fingerprint density at radius 2 is 1.85 bits per heavy atom. The molecule has 0 unspecified atom stereocenters. The van der Waals surface area contributed by atoms with Gasteiger partial charge < -0.3 is 14.8 Å². The molecule has 5 nitrogen and oxygen atoms in total. The highest BCUT2D eigenvalue weighted by molar-refractivity contribution is 9.10. The van der Waals surface area contributed by atoms with Gasteiger partial charge in [0.1, 0.15) is 5.75 Å². The van der Waals surface area contributed by atoms with Crippen LogP contribution in [0.3, 0.4) is 0 Å². The molecule has 0 bridgehead atoms. The molecule has 0 aromatic heterocycles. The zero-order valence-electron chi connectivity index (χ0n) is 14.5. The Hall–Kier alpha value is -2.34. The van der Waals surface area contributed by atoms with Gasteiger partial charge in [0.25, 0.3) is 5.91 Å². The van der Waals surface area contributed by atoms with Crippen molar-refractivity contribution in [3.63, 3.8) is 0 Å². The van der Waals surface area contributed by atoms with Crippen molar-refractivity contribution < 1.29 is 19.1 Å². The number of nitrogens with one attached hydrogen (secondary N) is 1. The van der Waals surface area contributed by atoms with Gasteiger partial charge in [-0.05, 0) is 73.7 Å². The molecule has 1 aliphatic carbocycles. The summed E-state index contributed by atoms with van der Waals surface area (Å²) in [5.41, 5.74) is 3.26. The highest BCUT2D eigenvalue weighted by atomic mass is 79.9. The third kappa shape index (κ3) is 4.85. The van der Waals surface area contributed by atoms with E-state index in [1.165, 1.54) is 18.1 Å². The standard InChI is InChI=1S/C20H20BrNO4/c1-13(20(24)22-17-8-6-16(21)7-9-17)26-19(23)12-25-18-10-5-14-3-2-4-15(14)11-18/h5-11,13H,2-4,12H2,1H3,(H,22,24)/t13-/m0/s1. The zero-order chi connectivity index (χ0) is 18.5. The van der Waals surface area contributed by atoms with Gasteiger partial charge in [0.15, 0.2) is 12.7 Å². The van der Waals surface area contributed by atoms with Crippen LogP contribution in [0.25, 0.3) is 0 Å². The number of fused-ring (bicyclic) bond motifs is 1. The normalized spacial score (nSPS) is 13.6. The fourth-order valence-electron chi connectivity index (χ4n) is 2.84. The van der Waals surface area contributed by atoms with Crippen molar-refractivity contribution in [2.24, 2.45) is 0 Å². The molecule has 0 saturated carbocycles. The Morgan fingerprint density at radius 3 is 2.62 bits per heavy atom. The number of aryl methyl sites for hydroxylation is 2. The molecule has 1 aliphatic rings. The highest BCUT2D eigenvalue weighted by Crippen LogP contribution is 2.26. The van der Waals surface area contributed by atoms with Gasteiger partial charge in [0, 0.05) is 10.2 Å². The van der Waals surface area contributed by atoms with Gasteiger partial charge in [-0.15, -0.1) is 0 Å². The second-order valence-corrected chi connectivity index (χ2v) is 7.12. The molecule has 6 heteroatoms. The van der Waals surface area contributed by atoms with Crippen LogP contribution in [0.4, 0.5) is 5.69 Å². The average Bonchev–Trinajstić information content (AvgIpc) is 3.09. The lowest BCUT2D eigenvalue weighted by atomic mass is 10.1. The first-order chi connectivity index (χ1) is 12.5. The molecule has 2 aromatic rings. The second-order valence-electron chi connectivity index (χ2n) is 6.20. The lowest BCUT2D eigenvalue weighted by Gasteiger charge is -2.14. The topological polar surface area (TPSA) is 64.6 Å². The van der Waals surface area contributed by atoms with E-state index in [1.807, 2.05) is 30.3 Å². The Labute approximate surface area is 160 Å². The number of ether oxygens (including phenoxy) is 2. The van der Waals surface area contributed by atoms with Crippen LogP contribution in [0.5, 0.6) is 5.75 Å². The van der Waals surface area contributed by atoms with Crippen LogP contribution in [0, 0.1) is 0 Å². The van der Waals surface area contributed by atoms with Crippen molar-refractivity contribution in [2.75, 3.05) is 11.9 Å². The Bertz CT molecular complexity index is 804. The third-order valence-corrected chi connectivity index (χ3v) is 4.74. The molecule has 2 aromatic carbocycles. The molecule has 136 valence electrons. The van der Waals surface area contributed by atoms with Crippen LogP contribution >= 0.6 is 15.9 Å². The van der Waals surface area contributed by atoms with Crippen molar-refractivity contribution in [3.8, 4) is 5.75 Å². The number of benzene rings is 2. The minimum Gasteiger partial charge on any atom is -0.482 e. The minimum absolute atomic E-state index is 0.227. The maximum absolute atomic E-state index is 12.1. The monoisotopic (exact) mass is 417 g/mol. The lowest BCUT2D eigenvalue weighted by Crippen LogP contribution is -2.31. The molecule has 26 heavy (non-hydrogen) atoms. The average molecular weight is 418 g/mol. The smallest absolute Gasteiger partial charge is 0.344 e. The first kappa shape index (κ1) is 18.5. The maximum atomic E-state index is 12.1. The first-order valence-corrected chi connectivity index (χ1v) is 9.31. The number of esters is 1. The van der Waals surface area contributed by atoms with Crippen molar-refractivity contribution in [3.05, 3.63) is 58.1 Å². The van der Waals surface area contributed by atoms with Gasteiger partial charge in [-0.25, -0.2) is 4.79 Å². The van der Waals surface area contributed by atoms with Gasteiger partial charge in [0.05, 0.1) is 0 Å². The Balaban J connectivity index is 1.46. The van der Waals surface area contributed by atoms with E-state index in [9.17, 15) is 9.59 Å². The molecule has 3 rings (SSSR count). The molecule has 0 spiro atoms. The summed E-state index contributed by atoms with van der Waals surface area (Å²) in [5, 5.41) is 2.70. The molecule has 1 N–H and O–H groups in total. The van der Waals surface area contributed by atoms with E-state index in [4.69, 9.17) is 9.47 Å². The number of hydrogen-bond donors (Lipinski definition) is 1. The fourth-order valence-corrected chi connectivity index (χ4v) is 3.11. The van der Waals surface area contributed by atoms with Crippen LogP contribution in [0.1, 0.15) is 24.5 Å². The number of halogens is 1. The highest BCUT2D eigenvalue weighted by Gasteiger charge is 2.19. The number of rotatable bonds is 6. The van der Waals surface area contributed by atoms with Crippen LogP contribution in [-0.2, 0) is 27.2 Å². The molecular weight excluding hydrogens is 398 g/mol. The summed E-state index contributed by atoms with van der Waals surface area (Å²) < 4.78 is 11.5. The van der Waals surface area contributed by atoms with E-state index in [1.54, 1.807) is 12.1 Å². The number of carbonyl (C=O) groups is 2. The molecule has 0 fully saturated rings. The summed E-state index contributed by atoms with van der Waals surface area (Å²) in [5.74, 6) is -0.322. The number of carbonyl (C=O) groups excluding carboxylic acids is 2. The largest absolute Gasteiger partial charge is 0.482 e. The fraction of sp³-hybridized carbons (Fsp3) is 0.300. The summed E-state index contributed by atoms with van der Waals surface area (Å²) in [6.07, 6.45) is 2.40. The quantitative estimate of drug-likeness (QED) is 0.724. The molecule has 0 aliphatic heterocycles. The van der Waals surface area contributed by atoms with Crippen LogP contribution in [-0.4, -0.2) is 24.6 Å². The minimum atomic E-state index is -0.908. The van der Waals surface area contributed by atoms with E-state index in [2.05, 4.69) is 21.2 Å². The summed E-state index contributed by atoms with van der Waals surface area (Å²) >= 11 is 3.33.